The van der Waals surface area contributed by atoms with Crippen molar-refractivity contribution in [3.8, 4) is 22.9 Å². The summed E-state index contributed by atoms with van der Waals surface area (Å²) >= 11 is 0. The van der Waals surface area contributed by atoms with Gasteiger partial charge in [0, 0.05) is 17.9 Å². The highest BCUT2D eigenvalue weighted by Gasteiger charge is 2.50. The molecule has 0 aliphatic carbocycles. The average Bonchev–Trinajstić information content (AvgIpc) is 3.33. The quantitative estimate of drug-likeness (QED) is 0.402. The van der Waals surface area contributed by atoms with Crippen LogP contribution in [0.4, 0.5) is 20.4 Å². The smallest absolute Gasteiger partial charge is 0.243 e. The topological polar surface area (TPSA) is 120 Å². The van der Waals surface area contributed by atoms with Crippen molar-refractivity contribution in [2.45, 2.75) is 24.1 Å². The van der Waals surface area contributed by atoms with Gasteiger partial charge in [0.25, 0.3) is 0 Å². The van der Waals surface area contributed by atoms with Crippen LogP contribution in [-0.2, 0) is 14.3 Å². The number of ether oxygens (including phenoxy) is 4. The number of halogens is 2. The van der Waals surface area contributed by atoms with Gasteiger partial charge in [-0.2, -0.15) is 0 Å². The fourth-order valence-electron chi connectivity index (χ4n) is 5.24. The highest BCUT2D eigenvalue weighted by Crippen LogP contribution is 2.42. The molecule has 13 heteroatoms. The van der Waals surface area contributed by atoms with Crippen LogP contribution in [0.25, 0.3) is 22.3 Å². The second kappa shape index (κ2) is 10.1. The molecule has 11 nitrogen and oxygen atoms in total. The largest absolute Gasteiger partial charge is 0.494 e. The maximum absolute atomic E-state index is 15.4. The third kappa shape index (κ3) is 4.44. The Balaban J connectivity index is 1.41. The van der Waals surface area contributed by atoms with Crippen LogP contribution in [0.5, 0.6) is 11.5 Å². The third-order valence-corrected chi connectivity index (χ3v) is 7.51. The predicted octanol–water partition coefficient (Wildman–Crippen LogP) is 2.45. The number of nitrogens with zero attached hydrogens (tertiary/aromatic N) is 4. The first-order valence-corrected chi connectivity index (χ1v) is 12.8. The zero-order chi connectivity index (χ0) is 28.0. The number of benzene rings is 1. The van der Waals surface area contributed by atoms with Gasteiger partial charge in [-0.25, -0.2) is 23.7 Å². The minimum atomic E-state index is -0.936. The van der Waals surface area contributed by atoms with Crippen molar-refractivity contribution in [3.05, 3.63) is 42.6 Å². The number of fused-ring (bicyclic) bond motifs is 1. The molecule has 0 radical (unpaired) electrons. The first-order valence-electron chi connectivity index (χ1n) is 12.8. The molecule has 1 spiro atoms. The molecule has 0 unspecified atom stereocenters. The van der Waals surface area contributed by atoms with E-state index in [1.807, 2.05) is 4.90 Å². The Morgan fingerprint density at radius 1 is 1.15 bits per heavy atom. The number of aromatic nitrogens is 3. The summed E-state index contributed by atoms with van der Waals surface area (Å²) in [5, 5.41) is 6.80. The van der Waals surface area contributed by atoms with Crippen molar-refractivity contribution >= 4 is 28.4 Å². The van der Waals surface area contributed by atoms with Gasteiger partial charge in [0.2, 0.25) is 5.91 Å². The fraction of sp³-hybridized carbons (Fsp3) is 0.407. The zero-order valence-electron chi connectivity index (χ0n) is 22.0. The number of carbonyl (C=O) groups is 1. The lowest BCUT2D eigenvalue weighted by Gasteiger charge is -2.55. The number of methoxy groups -OCH3 is 2. The van der Waals surface area contributed by atoms with E-state index in [-0.39, 0.29) is 40.9 Å². The van der Waals surface area contributed by atoms with Crippen LogP contribution >= 0.6 is 0 Å². The normalized spacial score (nSPS) is 21.1. The average molecular weight is 555 g/mol. The van der Waals surface area contributed by atoms with Crippen molar-refractivity contribution in [1.82, 2.24) is 20.3 Å². The van der Waals surface area contributed by atoms with Crippen molar-refractivity contribution < 1.29 is 32.5 Å². The Bertz CT molecular complexity index is 1460. The molecule has 3 aromatic rings. The fourth-order valence-corrected chi connectivity index (χ4v) is 5.24. The third-order valence-electron chi connectivity index (χ3n) is 7.51. The summed E-state index contributed by atoms with van der Waals surface area (Å²) in [5.41, 5.74) is -0.291. The number of hydrogen-bond donors (Lipinski definition) is 2. The Morgan fingerprint density at radius 3 is 2.48 bits per heavy atom. The SMILES string of the molecule is C=CC(=O)N[C@H]1COC[C@H]1Nc1cc2c(N3CC4(CCO4)C3)nc(-c3c(F)c(OC)cc(OC)c3F)nc2cn1. The van der Waals surface area contributed by atoms with Gasteiger partial charge in [-0.3, -0.25) is 4.79 Å². The van der Waals surface area contributed by atoms with E-state index in [9.17, 15) is 4.79 Å². The molecule has 5 heterocycles. The van der Waals surface area contributed by atoms with Crippen molar-refractivity contribution in [2.24, 2.45) is 0 Å². The van der Waals surface area contributed by atoms with Crippen LogP contribution in [0.15, 0.2) is 31.0 Å². The number of amides is 1. The lowest BCUT2D eigenvalue weighted by atomic mass is 9.86. The molecule has 3 saturated heterocycles. The molecule has 0 saturated carbocycles. The van der Waals surface area contributed by atoms with Crippen LogP contribution < -0.4 is 25.0 Å². The van der Waals surface area contributed by atoms with Gasteiger partial charge in [-0.05, 0) is 12.1 Å². The van der Waals surface area contributed by atoms with Gasteiger partial charge in [0.15, 0.2) is 29.0 Å². The standard InChI is InChI=1S/C27H28F2N6O5/c1-4-21(36)32-17-11-39-10-16(17)31-20-7-14-15(9-30-20)33-25(34-26(14)35-12-27(13-35)5-6-40-27)22-23(28)18(37-2)8-19(38-3)24(22)29/h4,7-9,16-17H,1,5-6,10-13H2,2-3H3,(H,30,31)(H,32,36)/t16-,17+/m1/s1. The van der Waals surface area contributed by atoms with E-state index in [0.717, 1.165) is 12.5 Å². The molecule has 2 atom stereocenters. The van der Waals surface area contributed by atoms with Gasteiger partial charge in [-0.15, -0.1) is 0 Å². The van der Waals surface area contributed by atoms with E-state index < -0.39 is 17.2 Å². The minimum absolute atomic E-state index is 0.163. The molecule has 3 aliphatic heterocycles. The minimum Gasteiger partial charge on any atom is -0.494 e. The van der Waals surface area contributed by atoms with Crippen LogP contribution in [0.1, 0.15) is 6.42 Å². The van der Waals surface area contributed by atoms with Crippen LogP contribution in [-0.4, -0.2) is 85.7 Å². The summed E-state index contributed by atoms with van der Waals surface area (Å²) in [5.74, 6) is -1.72. The molecule has 0 bridgehead atoms. The molecule has 210 valence electrons. The summed E-state index contributed by atoms with van der Waals surface area (Å²) in [6.45, 7) is 6.08. The Labute approximate surface area is 228 Å². The highest BCUT2D eigenvalue weighted by molar-refractivity contribution is 5.93. The van der Waals surface area contributed by atoms with Crippen molar-refractivity contribution in [1.29, 1.82) is 0 Å². The van der Waals surface area contributed by atoms with Gasteiger partial charge in [0.1, 0.15) is 17.2 Å². The molecular formula is C27H28F2N6O5. The van der Waals surface area contributed by atoms with Crippen LogP contribution in [0.2, 0.25) is 0 Å². The van der Waals surface area contributed by atoms with E-state index in [0.29, 0.717) is 55.4 Å². The summed E-state index contributed by atoms with van der Waals surface area (Å²) in [7, 11) is 2.57. The molecule has 3 aliphatic rings. The van der Waals surface area contributed by atoms with Gasteiger partial charge < -0.3 is 34.5 Å². The predicted molar refractivity (Wildman–Crippen MR) is 142 cm³/mol. The monoisotopic (exact) mass is 554 g/mol. The number of rotatable bonds is 8. The zero-order valence-corrected chi connectivity index (χ0v) is 22.0. The molecule has 2 aromatic heterocycles. The molecule has 40 heavy (non-hydrogen) atoms. The van der Waals surface area contributed by atoms with Gasteiger partial charge in [-0.1, -0.05) is 6.58 Å². The van der Waals surface area contributed by atoms with Crippen molar-refractivity contribution in [2.75, 3.05) is 57.3 Å². The second-order valence-electron chi connectivity index (χ2n) is 9.99. The van der Waals surface area contributed by atoms with Gasteiger partial charge >= 0.3 is 0 Å². The van der Waals surface area contributed by atoms with E-state index in [1.54, 1.807) is 6.07 Å². The van der Waals surface area contributed by atoms with E-state index in [1.165, 1.54) is 26.5 Å². The lowest BCUT2D eigenvalue weighted by Crippen LogP contribution is -2.68. The first kappa shape index (κ1) is 26.1. The number of hydrogen-bond acceptors (Lipinski definition) is 10. The molecule has 3 fully saturated rings. The summed E-state index contributed by atoms with van der Waals surface area (Å²) < 4.78 is 52.3. The molecule has 1 aromatic carbocycles. The summed E-state index contributed by atoms with van der Waals surface area (Å²) in [6.07, 6.45) is 3.66. The second-order valence-corrected chi connectivity index (χ2v) is 9.99. The van der Waals surface area contributed by atoms with Crippen LogP contribution in [0, 0.1) is 11.6 Å². The Morgan fingerprint density at radius 2 is 1.85 bits per heavy atom. The summed E-state index contributed by atoms with van der Waals surface area (Å²) in [4.78, 5) is 27.4. The van der Waals surface area contributed by atoms with Gasteiger partial charge in [0.05, 0.1) is 76.5 Å². The number of pyridine rings is 1. The molecule has 2 N–H and O–H groups in total. The Hall–Kier alpha value is -4.10. The van der Waals surface area contributed by atoms with E-state index in [2.05, 4.69) is 32.2 Å². The molecule has 6 rings (SSSR count). The van der Waals surface area contributed by atoms with E-state index >= 15 is 8.78 Å². The molecular weight excluding hydrogens is 526 g/mol. The molecule has 1 amide bonds. The number of carbonyl (C=O) groups excluding carboxylic acids is 1. The summed E-state index contributed by atoms with van der Waals surface area (Å²) in [6, 6.07) is 2.41. The number of anilines is 2. The maximum atomic E-state index is 15.4. The van der Waals surface area contributed by atoms with Crippen LogP contribution in [0.3, 0.4) is 0 Å². The highest BCUT2D eigenvalue weighted by atomic mass is 19.1. The Kier molecular flexibility index (Phi) is 6.62. The first-order chi connectivity index (χ1) is 19.3. The van der Waals surface area contributed by atoms with E-state index in [4.69, 9.17) is 18.9 Å². The number of nitrogens with one attached hydrogen (secondary N) is 2. The lowest BCUT2D eigenvalue weighted by molar-refractivity contribution is -0.161. The maximum Gasteiger partial charge on any atom is 0.243 e. The van der Waals surface area contributed by atoms with Crippen molar-refractivity contribution in [3.63, 3.8) is 0 Å².